The Morgan fingerprint density at radius 1 is 1.00 bits per heavy atom. The molecular weight excluding hydrogens is 241 g/mol. The molecule has 0 saturated heterocycles. The van der Waals surface area contributed by atoms with E-state index in [1.807, 2.05) is 30.3 Å². The van der Waals surface area contributed by atoms with Crippen LogP contribution in [-0.2, 0) is 0 Å². The Bertz CT molecular complexity index is 578. The topological polar surface area (TPSA) is 26.0 Å². The summed E-state index contributed by atoms with van der Waals surface area (Å²) >= 11 is 12.2. The fourth-order valence-corrected chi connectivity index (χ4v) is 2.90. The summed E-state index contributed by atoms with van der Waals surface area (Å²) in [6.45, 7) is 0. The van der Waals surface area contributed by atoms with Crippen molar-refractivity contribution in [2.24, 2.45) is 5.73 Å². The van der Waals surface area contributed by atoms with Crippen molar-refractivity contribution in [2.45, 2.75) is 6.04 Å². The average molecular weight is 250 g/mol. The van der Waals surface area contributed by atoms with E-state index < -0.39 is 0 Å². The number of hydrogen-bond donors (Lipinski definition) is 1. The maximum Gasteiger partial charge on any atom is 0.0578 e. The van der Waals surface area contributed by atoms with Gasteiger partial charge < -0.3 is 5.73 Å². The first kappa shape index (κ1) is 10.2. The zero-order chi connectivity index (χ0) is 11.3. The van der Waals surface area contributed by atoms with E-state index in [1.54, 1.807) is 6.07 Å². The molecule has 3 rings (SSSR count). The molecule has 2 aromatic carbocycles. The third-order valence-corrected chi connectivity index (χ3v) is 3.52. The first-order chi connectivity index (χ1) is 7.68. The predicted molar refractivity (Wildman–Crippen MR) is 67.9 cm³/mol. The molecule has 1 aliphatic carbocycles. The van der Waals surface area contributed by atoms with Gasteiger partial charge in [-0.3, -0.25) is 0 Å². The van der Waals surface area contributed by atoms with Crippen molar-refractivity contribution < 1.29 is 0 Å². The van der Waals surface area contributed by atoms with E-state index in [1.165, 1.54) is 0 Å². The second-order valence-electron chi connectivity index (χ2n) is 3.91. The van der Waals surface area contributed by atoms with Crippen molar-refractivity contribution in [3.8, 4) is 11.1 Å². The maximum absolute atomic E-state index is 6.20. The first-order valence-electron chi connectivity index (χ1n) is 5.02. The van der Waals surface area contributed by atoms with Gasteiger partial charge in [-0.1, -0.05) is 47.5 Å². The van der Waals surface area contributed by atoms with E-state index in [4.69, 9.17) is 28.9 Å². The minimum Gasteiger partial charge on any atom is -0.320 e. The van der Waals surface area contributed by atoms with Crippen LogP contribution in [0.5, 0.6) is 0 Å². The summed E-state index contributed by atoms with van der Waals surface area (Å²) in [5, 5.41) is 1.29. The van der Waals surface area contributed by atoms with Gasteiger partial charge in [0, 0.05) is 10.0 Å². The highest BCUT2D eigenvalue weighted by atomic mass is 35.5. The molecule has 0 bridgehead atoms. The fourth-order valence-electron chi connectivity index (χ4n) is 2.29. The highest BCUT2D eigenvalue weighted by Crippen LogP contribution is 2.46. The molecule has 0 heterocycles. The van der Waals surface area contributed by atoms with E-state index in [0.717, 1.165) is 22.3 Å². The highest BCUT2D eigenvalue weighted by Gasteiger charge is 2.27. The van der Waals surface area contributed by atoms with E-state index in [0.29, 0.717) is 10.0 Å². The third kappa shape index (κ3) is 1.29. The van der Waals surface area contributed by atoms with Gasteiger partial charge in [-0.25, -0.2) is 0 Å². The Balaban J connectivity index is 2.38. The molecule has 0 spiro atoms. The fraction of sp³-hybridized carbons (Fsp3) is 0.0769. The van der Waals surface area contributed by atoms with Crippen LogP contribution in [0.15, 0.2) is 36.4 Å². The molecule has 16 heavy (non-hydrogen) atoms. The van der Waals surface area contributed by atoms with Gasteiger partial charge in [-0.15, -0.1) is 0 Å². The van der Waals surface area contributed by atoms with E-state index in [9.17, 15) is 0 Å². The number of nitrogens with two attached hydrogens (primary N) is 1. The molecule has 0 saturated carbocycles. The van der Waals surface area contributed by atoms with Crippen LogP contribution in [0.25, 0.3) is 11.1 Å². The molecule has 3 heteroatoms. The molecule has 80 valence electrons. The van der Waals surface area contributed by atoms with Crippen LogP contribution in [0.3, 0.4) is 0 Å². The molecule has 1 atom stereocenters. The summed E-state index contributed by atoms with van der Waals surface area (Å²) < 4.78 is 0. The molecule has 1 aliphatic rings. The lowest BCUT2D eigenvalue weighted by Gasteiger charge is -2.08. The molecule has 2 aromatic rings. The van der Waals surface area contributed by atoms with Crippen molar-refractivity contribution in [1.29, 1.82) is 0 Å². The maximum atomic E-state index is 6.20. The molecule has 1 nitrogen and oxygen atoms in total. The van der Waals surface area contributed by atoms with Gasteiger partial charge in [0.2, 0.25) is 0 Å². The predicted octanol–water partition coefficient (Wildman–Crippen LogP) is 4.02. The lowest BCUT2D eigenvalue weighted by molar-refractivity contribution is 0.901. The minimum atomic E-state index is -0.143. The molecule has 0 aliphatic heterocycles. The van der Waals surface area contributed by atoms with E-state index in [2.05, 4.69) is 0 Å². The van der Waals surface area contributed by atoms with Gasteiger partial charge >= 0.3 is 0 Å². The molecule has 2 N–H and O–H groups in total. The average Bonchev–Trinajstić information content (AvgIpc) is 2.54. The van der Waals surface area contributed by atoms with Gasteiger partial charge in [-0.2, -0.15) is 0 Å². The second kappa shape index (κ2) is 3.49. The number of benzene rings is 2. The van der Waals surface area contributed by atoms with Gasteiger partial charge in [0.1, 0.15) is 0 Å². The van der Waals surface area contributed by atoms with Crippen LogP contribution in [0.1, 0.15) is 17.2 Å². The summed E-state index contributed by atoms with van der Waals surface area (Å²) in [6.07, 6.45) is 0. The van der Waals surface area contributed by atoms with E-state index >= 15 is 0 Å². The van der Waals surface area contributed by atoms with Crippen LogP contribution in [0.2, 0.25) is 10.0 Å². The van der Waals surface area contributed by atoms with Gasteiger partial charge in [-0.05, 0) is 34.4 Å². The standard InChI is InChI=1S/C13H9Cl2N/c14-7-5-10-8-3-1-2-4-9(8)13(16)12(10)11(15)6-7/h1-6,13H,16H2. The zero-order valence-corrected chi connectivity index (χ0v) is 9.89. The summed E-state index contributed by atoms with van der Waals surface area (Å²) in [7, 11) is 0. The number of hydrogen-bond acceptors (Lipinski definition) is 1. The number of fused-ring (bicyclic) bond motifs is 3. The smallest absolute Gasteiger partial charge is 0.0578 e. The van der Waals surface area contributed by atoms with Crippen LogP contribution < -0.4 is 5.73 Å². The minimum absolute atomic E-state index is 0.143. The van der Waals surface area contributed by atoms with Crippen LogP contribution in [0.4, 0.5) is 0 Å². The summed E-state index contributed by atoms with van der Waals surface area (Å²) in [4.78, 5) is 0. The number of rotatable bonds is 0. The monoisotopic (exact) mass is 249 g/mol. The third-order valence-electron chi connectivity index (χ3n) is 2.99. The van der Waals surface area contributed by atoms with Crippen molar-refractivity contribution in [3.05, 3.63) is 57.6 Å². The van der Waals surface area contributed by atoms with Gasteiger partial charge in [0.25, 0.3) is 0 Å². The Hall–Kier alpha value is -1.02. The van der Waals surface area contributed by atoms with Crippen molar-refractivity contribution in [1.82, 2.24) is 0 Å². The van der Waals surface area contributed by atoms with Crippen molar-refractivity contribution in [2.75, 3.05) is 0 Å². The van der Waals surface area contributed by atoms with Gasteiger partial charge in [0.05, 0.1) is 6.04 Å². The Kier molecular flexibility index (Phi) is 2.21. The largest absolute Gasteiger partial charge is 0.320 e. The zero-order valence-electron chi connectivity index (χ0n) is 8.37. The summed E-state index contributed by atoms with van der Waals surface area (Å²) in [5.41, 5.74) is 10.5. The van der Waals surface area contributed by atoms with Crippen molar-refractivity contribution in [3.63, 3.8) is 0 Å². The molecular formula is C13H9Cl2N. The molecule has 0 radical (unpaired) electrons. The molecule has 0 fully saturated rings. The SMILES string of the molecule is NC1c2ccccc2-c2cc(Cl)cc(Cl)c21. The quantitative estimate of drug-likeness (QED) is 0.750. The first-order valence-corrected chi connectivity index (χ1v) is 5.78. The Labute approximate surface area is 104 Å². The summed E-state index contributed by atoms with van der Waals surface area (Å²) in [5.74, 6) is 0. The lowest BCUT2D eigenvalue weighted by Crippen LogP contribution is -2.08. The van der Waals surface area contributed by atoms with Crippen LogP contribution in [0, 0.1) is 0 Å². The highest BCUT2D eigenvalue weighted by molar-refractivity contribution is 6.36. The van der Waals surface area contributed by atoms with Gasteiger partial charge in [0.15, 0.2) is 0 Å². The lowest BCUT2D eigenvalue weighted by atomic mass is 10.1. The number of halogens is 2. The van der Waals surface area contributed by atoms with Crippen molar-refractivity contribution >= 4 is 23.2 Å². The Morgan fingerprint density at radius 3 is 2.56 bits per heavy atom. The molecule has 1 unspecified atom stereocenters. The molecule has 0 amide bonds. The Morgan fingerprint density at radius 2 is 1.75 bits per heavy atom. The van der Waals surface area contributed by atoms with Crippen LogP contribution in [-0.4, -0.2) is 0 Å². The normalized spacial score (nSPS) is 17.1. The van der Waals surface area contributed by atoms with E-state index in [-0.39, 0.29) is 6.04 Å². The molecule has 0 aromatic heterocycles. The summed E-state index contributed by atoms with van der Waals surface area (Å²) in [6, 6.07) is 11.6. The second-order valence-corrected chi connectivity index (χ2v) is 4.76. The van der Waals surface area contributed by atoms with Crippen LogP contribution >= 0.6 is 23.2 Å².